The Morgan fingerprint density at radius 2 is 0.966 bits per heavy atom. The summed E-state index contributed by atoms with van der Waals surface area (Å²) >= 11 is 0. The largest absolute Gasteiger partial charge is 0.508 e. The second-order valence-corrected chi connectivity index (χ2v) is 8.29. The van der Waals surface area contributed by atoms with Gasteiger partial charge in [0, 0.05) is 12.0 Å². The van der Waals surface area contributed by atoms with Crippen LogP contribution in [0.15, 0.2) is 30.3 Å². The molecule has 3 aromatic carbocycles. The van der Waals surface area contributed by atoms with Crippen LogP contribution < -0.4 is 0 Å². The molecule has 0 saturated heterocycles. The van der Waals surface area contributed by atoms with Crippen LogP contribution in [0, 0.1) is 41.5 Å². The quantitative estimate of drug-likeness (QED) is 0.525. The van der Waals surface area contributed by atoms with Crippen molar-refractivity contribution < 1.29 is 15.3 Å². The van der Waals surface area contributed by atoms with E-state index < -0.39 is 0 Å². The van der Waals surface area contributed by atoms with Crippen molar-refractivity contribution in [1.29, 1.82) is 0 Å². The molecule has 3 nitrogen and oxygen atoms in total. The first-order chi connectivity index (χ1) is 13.6. The third kappa shape index (κ3) is 4.09. The molecule has 0 saturated carbocycles. The van der Waals surface area contributed by atoms with E-state index in [0.717, 1.165) is 50.9 Å². The summed E-state index contributed by atoms with van der Waals surface area (Å²) in [5.41, 5.74) is 10.1. The molecule has 29 heavy (non-hydrogen) atoms. The molecule has 3 heteroatoms. The Morgan fingerprint density at radius 1 is 0.517 bits per heavy atom. The van der Waals surface area contributed by atoms with Crippen molar-refractivity contribution in [3.63, 3.8) is 0 Å². The second kappa shape index (κ2) is 7.82. The average molecular weight is 391 g/mol. The number of hydrogen-bond acceptors (Lipinski definition) is 3. The topological polar surface area (TPSA) is 60.7 Å². The summed E-state index contributed by atoms with van der Waals surface area (Å²) in [6.07, 6.45) is 1.37. The van der Waals surface area contributed by atoms with Crippen molar-refractivity contribution in [1.82, 2.24) is 0 Å². The van der Waals surface area contributed by atoms with E-state index in [1.807, 2.05) is 52.8 Å². The molecule has 3 N–H and O–H groups in total. The summed E-state index contributed by atoms with van der Waals surface area (Å²) < 4.78 is 0. The van der Waals surface area contributed by atoms with E-state index in [4.69, 9.17) is 0 Å². The van der Waals surface area contributed by atoms with Gasteiger partial charge in [-0.25, -0.2) is 0 Å². The van der Waals surface area contributed by atoms with Crippen LogP contribution in [0.2, 0.25) is 0 Å². The smallest absolute Gasteiger partial charge is 0.122 e. The molecule has 0 atom stereocenters. The number of hydrogen-bond donors (Lipinski definition) is 3. The lowest BCUT2D eigenvalue weighted by molar-refractivity contribution is 0.464. The molecule has 0 heterocycles. The van der Waals surface area contributed by atoms with Gasteiger partial charge < -0.3 is 15.3 Å². The third-order valence-electron chi connectivity index (χ3n) is 6.04. The zero-order valence-corrected chi connectivity index (χ0v) is 18.1. The van der Waals surface area contributed by atoms with Gasteiger partial charge in [-0.3, -0.25) is 0 Å². The fourth-order valence-corrected chi connectivity index (χ4v) is 3.95. The monoisotopic (exact) mass is 390 g/mol. The Kier molecular flexibility index (Phi) is 5.61. The lowest BCUT2D eigenvalue weighted by Crippen LogP contribution is -2.03. The van der Waals surface area contributed by atoms with E-state index in [0.29, 0.717) is 23.7 Å². The van der Waals surface area contributed by atoms with Crippen molar-refractivity contribution in [2.24, 2.45) is 0 Å². The molecule has 0 amide bonds. The fraction of sp³-hybridized carbons (Fsp3) is 0.308. The number of aryl methyl sites for hydroxylation is 5. The summed E-state index contributed by atoms with van der Waals surface area (Å²) in [7, 11) is 0. The Morgan fingerprint density at radius 3 is 1.48 bits per heavy atom. The maximum absolute atomic E-state index is 10.8. The number of phenolic OH excluding ortho intramolecular Hbond substituents is 3. The molecule has 0 fully saturated rings. The molecule has 0 spiro atoms. The third-order valence-corrected chi connectivity index (χ3v) is 6.04. The Hall–Kier alpha value is -2.94. The molecule has 0 aromatic heterocycles. The first kappa shape index (κ1) is 20.8. The van der Waals surface area contributed by atoms with E-state index in [2.05, 4.69) is 13.0 Å². The predicted octanol–water partition coefficient (Wildman–Crippen LogP) is 5.84. The highest BCUT2D eigenvalue weighted by Gasteiger charge is 2.16. The van der Waals surface area contributed by atoms with Gasteiger partial charge in [-0.15, -0.1) is 0 Å². The highest BCUT2D eigenvalue weighted by Crippen LogP contribution is 2.34. The number of rotatable bonds is 4. The van der Waals surface area contributed by atoms with Gasteiger partial charge >= 0.3 is 0 Å². The highest BCUT2D eigenvalue weighted by atomic mass is 16.3. The van der Waals surface area contributed by atoms with Crippen LogP contribution in [0.3, 0.4) is 0 Å². The average Bonchev–Trinajstić information content (AvgIpc) is 2.65. The van der Waals surface area contributed by atoms with Gasteiger partial charge in [0.15, 0.2) is 0 Å². The molecule has 152 valence electrons. The van der Waals surface area contributed by atoms with Crippen molar-refractivity contribution in [3.05, 3.63) is 86.0 Å². The van der Waals surface area contributed by atoms with Crippen LogP contribution in [0.1, 0.15) is 55.6 Å². The van der Waals surface area contributed by atoms with Gasteiger partial charge in [0.1, 0.15) is 17.2 Å². The van der Waals surface area contributed by atoms with Crippen molar-refractivity contribution in [2.45, 2.75) is 54.4 Å². The predicted molar refractivity (Wildman–Crippen MR) is 118 cm³/mol. The van der Waals surface area contributed by atoms with Gasteiger partial charge in [0.05, 0.1) is 0 Å². The number of benzene rings is 3. The maximum atomic E-state index is 10.8. The zero-order valence-electron chi connectivity index (χ0n) is 18.1. The van der Waals surface area contributed by atoms with Crippen LogP contribution in [-0.4, -0.2) is 15.3 Å². The first-order valence-electron chi connectivity index (χ1n) is 9.97. The maximum Gasteiger partial charge on any atom is 0.122 e. The summed E-state index contributed by atoms with van der Waals surface area (Å²) in [5.74, 6) is 0.967. The Labute approximate surface area is 173 Å². The van der Waals surface area contributed by atoms with E-state index >= 15 is 0 Å². The molecule has 0 bridgehead atoms. The van der Waals surface area contributed by atoms with Crippen molar-refractivity contribution in [3.8, 4) is 17.2 Å². The Balaban J connectivity index is 2.06. The van der Waals surface area contributed by atoms with Crippen LogP contribution >= 0.6 is 0 Å². The van der Waals surface area contributed by atoms with Gasteiger partial charge in [-0.1, -0.05) is 18.2 Å². The SMILES string of the molecule is Cc1cc(Cc2cc(C)c(O)c(Cc3cc(C)c(O)cc3C)c2C)c(C)cc1O. The van der Waals surface area contributed by atoms with Crippen molar-refractivity contribution in [2.75, 3.05) is 0 Å². The minimum atomic E-state index is 0.301. The van der Waals surface area contributed by atoms with E-state index in [1.165, 1.54) is 11.1 Å². The highest BCUT2D eigenvalue weighted by molar-refractivity contribution is 5.54. The Bertz CT molecular complexity index is 1090. The molecule has 0 aliphatic rings. The summed E-state index contributed by atoms with van der Waals surface area (Å²) in [5, 5.41) is 30.7. The molecule has 0 aliphatic heterocycles. The summed E-state index contributed by atoms with van der Waals surface area (Å²) in [4.78, 5) is 0. The van der Waals surface area contributed by atoms with E-state index in [9.17, 15) is 15.3 Å². The van der Waals surface area contributed by atoms with Gasteiger partial charge in [0.2, 0.25) is 0 Å². The van der Waals surface area contributed by atoms with Crippen LogP contribution in [0.4, 0.5) is 0 Å². The minimum absolute atomic E-state index is 0.301. The van der Waals surface area contributed by atoms with Crippen LogP contribution in [-0.2, 0) is 12.8 Å². The number of phenols is 3. The molecule has 3 aromatic rings. The van der Waals surface area contributed by atoms with Crippen LogP contribution in [0.5, 0.6) is 17.2 Å². The molecular formula is C26H30O3. The van der Waals surface area contributed by atoms with Gasteiger partial charge in [-0.2, -0.15) is 0 Å². The van der Waals surface area contributed by atoms with E-state index in [1.54, 1.807) is 6.07 Å². The molecule has 3 rings (SSSR count). The van der Waals surface area contributed by atoms with Gasteiger partial charge in [-0.05, 0) is 110 Å². The fourth-order valence-electron chi connectivity index (χ4n) is 3.95. The molecule has 0 unspecified atom stereocenters. The summed E-state index contributed by atoms with van der Waals surface area (Å²) in [6.45, 7) is 11.8. The number of aromatic hydroxyl groups is 3. The standard InChI is InChI=1S/C26H30O3/c1-14-10-24(27)16(3)7-20(14)12-22-9-18(5)26(29)23(19(22)6)13-21-8-17(4)25(28)11-15(21)2/h7-11,27-29H,12-13H2,1-6H3. The van der Waals surface area contributed by atoms with Gasteiger partial charge in [0.25, 0.3) is 0 Å². The molecular weight excluding hydrogens is 360 g/mol. The second-order valence-electron chi connectivity index (χ2n) is 8.29. The van der Waals surface area contributed by atoms with Crippen LogP contribution in [0.25, 0.3) is 0 Å². The van der Waals surface area contributed by atoms with E-state index in [-0.39, 0.29) is 0 Å². The summed E-state index contributed by atoms with van der Waals surface area (Å²) in [6, 6.07) is 9.70. The minimum Gasteiger partial charge on any atom is -0.508 e. The lowest BCUT2D eigenvalue weighted by Gasteiger charge is -2.18. The first-order valence-corrected chi connectivity index (χ1v) is 9.97. The zero-order chi connectivity index (χ0) is 21.5. The molecule has 0 radical (unpaired) electrons. The van der Waals surface area contributed by atoms with Crippen molar-refractivity contribution >= 4 is 0 Å². The molecule has 0 aliphatic carbocycles. The normalized spacial score (nSPS) is 11.1. The lowest BCUT2D eigenvalue weighted by atomic mass is 9.88.